The molecular formula is C30H37FN6O2. The number of hydrogen-bond acceptors (Lipinski definition) is 6. The van der Waals surface area contributed by atoms with Crippen LogP contribution in [0.4, 0.5) is 10.2 Å². The van der Waals surface area contributed by atoms with Crippen molar-refractivity contribution in [3.05, 3.63) is 57.1 Å². The highest BCUT2D eigenvalue weighted by molar-refractivity contribution is 5.75. The van der Waals surface area contributed by atoms with Crippen molar-refractivity contribution in [1.29, 1.82) is 0 Å². The molecule has 9 heteroatoms. The predicted molar refractivity (Wildman–Crippen MR) is 148 cm³/mol. The second-order valence-corrected chi connectivity index (χ2v) is 12.6. The molecule has 2 saturated carbocycles. The Bertz CT molecular complexity index is 1520. The summed E-state index contributed by atoms with van der Waals surface area (Å²) in [4.78, 5) is 37.7. The lowest BCUT2D eigenvalue weighted by atomic mass is 9.64. The van der Waals surface area contributed by atoms with Crippen molar-refractivity contribution < 1.29 is 4.39 Å². The minimum absolute atomic E-state index is 0.0139. The molecule has 4 aliphatic rings. The van der Waals surface area contributed by atoms with Crippen LogP contribution in [0.3, 0.4) is 0 Å². The fraction of sp³-hybridized carbons (Fsp3) is 0.600. The molecule has 0 radical (unpaired) electrons. The highest BCUT2D eigenvalue weighted by Crippen LogP contribution is 2.49. The van der Waals surface area contributed by atoms with Crippen molar-refractivity contribution in [3.63, 3.8) is 0 Å². The Hall–Kier alpha value is -3.07. The van der Waals surface area contributed by atoms with Crippen molar-refractivity contribution in [3.8, 4) is 5.82 Å². The summed E-state index contributed by atoms with van der Waals surface area (Å²) in [5, 5.41) is 0. The van der Waals surface area contributed by atoms with Crippen LogP contribution in [0.25, 0.3) is 16.9 Å². The van der Waals surface area contributed by atoms with Gasteiger partial charge in [-0.1, -0.05) is 38.3 Å². The molecule has 2 N–H and O–H groups in total. The van der Waals surface area contributed by atoms with Crippen LogP contribution in [0.1, 0.15) is 77.2 Å². The Morgan fingerprint density at radius 1 is 0.897 bits per heavy atom. The Morgan fingerprint density at radius 3 is 2.46 bits per heavy atom. The SMILES string of the molecule is C[C@H]1CC[C@H]2C[C@@H]1C[C@H](N1[C@@H]3CCC[C@H]1CC(n1c(=O)c(-n4cc(F)c(N)nc4=O)nc4ccccc41)C3)C2. The van der Waals surface area contributed by atoms with E-state index < -0.39 is 17.3 Å². The second kappa shape index (κ2) is 9.54. The van der Waals surface area contributed by atoms with Crippen molar-refractivity contribution in [2.75, 3.05) is 5.73 Å². The van der Waals surface area contributed by atoms with Crippen LogP contribution in [0, 0.1) is 23.6 Å². The molecule has 4 heterocycles. The summed E-state index contributed by atoms with van der Waals surface area (Å²) in [7, 11) is 0. The van der Waals surface area contributed by atoms with Gasteiger partial charge in [0.2, 0.25) is 5.82 Å². The average Bonchev–Trinajstić information content (AvgIpc) is 2.92. The molecule has 2 aromatic heterocycles. The maximum atomic E-state index is 14.3. The monoisotopic (exact) mass is 532 g/mol. The lowest BCUT2D eigenvalue weighted by Gasteiger charge is -2.56. The van der Waals surface area contributed by atoms with Gasteiger partial charge in [-0.3, -0.25) is 9.69 Å². The first-order chi connectivity index (χ1) is 18.9. The number of nitrogen functional groups attached to an aromatic ring is 1. The second-order valence-electron chi connectivity index (χ2n) is 12.6. The van der Waals surface area contributed by atoms with E-state index >= 15 is 0 Å². The van der Waals surface area contributed by atoms with Gasteiger partial charge in [-0.15, -0.1) is 0 Å². The van der Waals surface area contributed by atoms with Crippen LogP contribution in [0.5, 0.6) is 0 Å². The fourth-order valence-corrected chi connectivity index (χ4v) is 8.58. The van der Waals surface area contributed by atoms with Crippen LogP contribution in [-0.2, 0) is 0 Å². The minimum Gasteiger partial charge on any atom is -0.381 e. The average molecular weight is 533 g/mol. The molecule has 7 rings (SSSR count). The van der Waals surface area contributed by atoms with E-state index in [1.807, 2.05) is 28.8 Å². The van der Waals surface area contributed by atoms with Gasteiger partial charge in [0, 0.05) is 24.2 Å². The largest absolute Gasteiger partial charge is 0.381 e. The number of fused-ring (bicyclic) bond motifs is 5. The number of hydrogen-bond donors (Lipinski definition) is 1. The quantitative estimate of drug-likeness (QED) is 0.536. The van der Waals surface area contributed by atoms with E-state index in [2.05, 4.69) is 21.8 Å². The lowest BCUT2D eigenvalue weighted by Crippen LogP contribution is -2.59. The van der Waals surface area contributed by atoms with Gasteiger partial charge in [-0.25, -0.2) is 18.7 Å². The van der Waals surface area contributed by atoms with Gasteiger partial charge in [-0.2, -0.15) is 4.98 Å². The van der Waals surface area contributed by atoms with Crippen LogP contribution < -0.4 is 17.0 Å². The molecule has 2 aliphatic carbocycles. The number of anilines is 1. The molecule has 1 aromatic carbocycles. The van der Waals surface area contributed by atoms with Gasteiger partial charge in [0.15, 0.2) is 11.6 Å². The zero-order chi connectivity index (χ0) is 26.8. The topological polar surface area (TPSA) is 99.0 Å². The lowest BCUT2D eigenvalue weighted by molar-refractivity contribution is -0.0551. The van der Waals surface area contributed by atoms with Gasteiger partial charge >= 0.3 is 5.69 Å². The molecule has 0 amide bonds. The highest BCUT2D eigenvalue weighted by atomic mass is 19.1. The standard InChI is InChI=1S/C30H37FN6O2/c1-17-9-10-18-11-19(17)13-22(12-18)36-20-5-4-6-21(36)15-23(14-20)37-26-8-3-2-7-25(26)33-28(29(37)38)35-16-24(31)27(32)34-30(35)39/h2-3,7-8,16-23H,4-6,9-15H2,1H3,(H2,32,34,39)/t17-,18-,19+,20-,21+,22+,23?/m0/s1. The molecule has 39 heavy (non-hydrogen) atoms. The first-order valence-electron chi connectivity index (χ1n) is 14.7. The first-order valence-corrected chi connectivity index (χ1v) is 14.7. The van der Waals surface area contributed by atoms with E-state index in [0.717, 1.165) is 59.7 Å². The van der Waals surface area contributed by atoms with Crippen LogP contribution in [0.2, 0.25) is 0 Å². The molecule has 8 nitrogen and oxygen atoms in total. The number of para-hydroxylation sites is 2. The van der Waals surface area contributed by atoms with E-state index in [1.54, 1.807) is 0 Å². The van der Waals surface area contributed by atoms with Crippen LogP contribution in [-0.4, -0.2) is 42.1 Å². The summed E-state index contributed by atoms with van der Waals surface area (Å²) in [6, 6.07) is 9.05. The third kappa shape index (κ3) is 4.20. The van der Waals surface area contributed by atoms with Crippen molar-refractivity contribution >= 4 is 16.9 Å². The molecule has 3 aromatic rings. The maximum Gasteiger partial charge on any atom is 0.355 e. The van der Waals surface area contributed by atoms with Crippen molar-refractivity contribution in [1.82, 2.24) is 24.0 Å². The maximum absolute atomic E-state index is 14.3. The summed E-state index contributed by atoms with van der Waals surface area (Å²) in [5.74, 6) is 1.07. The molecule has 0 spiro atoms. The van der Waals surface area contributed by atoms with E-state index in [4.69, 9.17) is 5.73 Å². The predicted octanol–water partition coefficient (Wildman–Crippen LogP) is 4.44. The summed E-state index contributed by atoms with van der Waals surface area (Å²) in [6.07, 6.45) is 13.1. The molecular weight excluding hydrogens is 495 g/mol. The van der Waals surface area contributed by atoms with Gasteiger partial charge in [0.1, 0.15) is 0 Å². The molecule has 1 unspecified atom stereocenters. The Labute approximate surface area is 227 Å². The van der Waals surface area contributed by atoms with Gasteiger partial charge in [0.05, 0.1) is 17.2 Å². The van der Waals surface area contributed by atoms with E-state index in [0.29, 0.717) is 23.6 Å². The zero-order valence-corrected chi connectivity index (χ0v) is 22.5. The molecule has 4 fully saturated rings. The third-order valence-electron chi connectivity index (χ3n) is 10.4. The Balaban J connectivity index is 1.27. The number of nitrogens with two attached hydrogens (primary N) is 1. The van der Waals surface area contributed by atoms with E-state index in [9.17, 15) is 14.0 Å². The van der Waals surface area contributed by atoms with Crippen LogP contribution in [0.15, 0.2) is 40.1 Å². The molecule has 2 aliphatic heterocycles. The molecule has 7 atom stereocenters. The smallest absolute Gasteiger partial charge is 0.355 e. The van der Waals surface area contributed by atoms with Gasteiger partial charge in [-0.05, 0) is 74.8 Å². The van der Waals surface area contributed by atoms with Crippen LogP contribution >= 0.6 is 0 Å². The third-order valence-corrected chi connectivity index (χ3v) is 10.4. The van der Waals surface area contributed by atoms with E-state index in [-0.39, 0.29) is 17.4 Å². The first kappa shape index (κ1) is 24.9. The molecule has 4 bridgehead atoms. The molecule has 206 valence electrons. The number of piperidine rings is 2. The summed E-state index contributed by atoms with van der Waals surface area (Å²) in [6.45, 7) is 2.45. The summed E-state index contributed by atoms with van der Waals surface area (Å²) >= 11 is 0. The summed E-state index contributed by atoms with van der Waals surface area (Å²) < 4.78 is 17.1. The Morgan fingerprint density at radius 2 is 1.67 bits per heavy atom. The van der Waals surface area contributed by atoms with Gasteiger partial charge < -0.3 is 10.3 Å². The number of benzene rings is 1. The number of aromatic nitrogens is 4. The molecule has 2 saturated heterocycles. The Kier molecular flexibility index (Phi) is 6.10. The number of rotatable bonds is 3. The number of nitrogens with zero attached hydrogens (tertiary/aromatic N) is 5. The highest BCUT2D eigenvalue weighted by Gasteiger charge is 2.46. The number of halogens is 1. The summed E-state index contributed by atoms with van der Waals surface area (Å²) in [5.41, 5.74) is 5.64. The zero-order valence-electron chi connectivity index (χ0n) is 22.5. The minimum atomic E-state index is -0.857. The normalized spacial score (nSPS) is 32.8. The van der Waals surface area contributed by atoms with Gasteiger partial charge in [0.25, 0.3) is 5.56 Å². The van der Waals surface area contributed by atoms with Crippen molar-refractivity contribution in [2.45, 2.75) is 95.3 Å². The van der Waals surface area contributed by atoms with E-state index in [1.165, 1.54) is 38.5 Å². The van der Waals surface area contributed by atoms with Crippen molar-refractivity contribution in [2.24, 2.45) is 17.8 Å². The fourth-order valence-electron chi connectivity index (χ4n) is 8.58.